The first kappa shape index (κ1) is 22.9. The molecule has 0 spiro atoms. The SMILES string of the molecule is CC(C)(CC(=O)N1CCCC2C(c3nn[nH]n3)CCCC21)c1c[nH]c2cccc(-c3ccc(F)o3)c12. The molecule has 3 atom stereocenters. The lowest BCUT2D eigenvalue weighted by molar-refractivity contribution is -0.139. The highest BCUT2D eigenvalue weighted by Crippen LogP contribution is 2.45. The Hall–Kier alpha value is -3.49. The Morgan fingerprint density at radius 3 is 2.86 bits per heavy atom. The second kappa shape index (κ2) is 8.87. The number of furan rings is 1. The van der Waals surface area contributed by atoms with Crippen LogP contribution in [-0.4, -0.2) is 49.0 Å². The van der Waals surface area contributed by atoms with E-state index in [4.69, 9.17) is 4.42 Å². The van der Waals surface area contributed by atoms with Crippen molar-refractivity contribution in [3.63, 3.8) is 0 Å². The van der Waals surface area contributed by atoms with Crippen LogP contribution in [0.1, 0.15) is 69.7 Å². The van der Waals surface area contributed by atoms with E-state index >= 15 is 0 Å². The van der Waals surface area contributed by atoms with Gasteiger partial charge in [-0.05, 0) is 49.3 Å². The molecule has 2 N–H and O–H groups in total. The Morgan fingerprint density at radius 1 is 1.19 bits per heavy atom. The van der Waals surface area contributed by atoms with E-state index in [0.717, 1.165) is 66.5 Å². The number of benzene rings is 1. The average molecular weight is 491 g/mol. The van der Waals surface area contributed by atoms with E-state index < -0.39 is 11.4 Å². The minimum absolute atomic E-state index is 0.180. The van der Waals surface area contributed by atoms with Crippen molar-refractivity contribution in [1.29, 1.82) is 0 Å². The Kier molecular flexibility index (Phi) is 5.65. The van der Waals surface area contributed by atoms with E-state index in [9.17, 15) is 9.18 Å². The first-order valence-corrected chi connectivity index (χ1v) is 12.8. The van der Waals surface area contributed by atoms with Crippen molar-refractivity contribution in [3.05, 3.63) is 53.9 Å². The summed E-state index contributed by atoms with van der Waals surface area (Å²) in [6, 6.07) is 8.43. The van der Waals surface area contributed by atoms with Gasteiger partial charge in [-0.15, -0.1) is 10.2 Å². The molecule has 2 fully saturated rings. The molecular formula is C27H31FN6O2. The predicted octanol–water partition coefficient (Wildman–Crippen LogP) is 5.32. The van der Waals surface area contributed by atoms with Gasteiger partial charge in [0.15, 0.2) is 5.82 Å². The zero-order valence-electron chi connectivity index (χ0n) is 20.6. The summed E-state index contributed by atoms with van der Waals surface area (Å²) < 4.78 is 19.0. The molecule has 0 radical (unpaired) electrons. The summed E-state index contributed by atoms with van der Waals surface area (Å²) in [6.07, 6.45) is 7.56. The standard InChI is InChI=1S/C27H31FN6O2/c1-27(2,19-15-29-20-9-3-7-18(25(19)20)22-11-12-23(28)36-22)14-24(35)34-13-5-8-16-17(6-4-10-21(16)34)26-30-32-33-31-26/h3,7,9,11-12,15-17,21,29H,4-6,8,10,13-14H2,1-2H3,(H,30,31,32,33). The highest BCUT2D eigenvalue weighted by atomic mass is 19.1. The Morgan fingerprint density at radius 2 is 2.08 bits per heavy atom. The van der Waals surface area contributed by atoms with Crippen LogP contribution in [0, 0.1) is 11.9 Å². The molecule has 1 saturated carbocycles. The van der Waals surface area contributed by atoms with Crippen LogP contribution in [0.25, 0.3) is 22.2 Å². The van der Waals surface area contributed by atoms with Crippen molar-refractivity contribution in [1.82, 2.24) is 30.5 Å². The van der Waals surface area contributed by atoms with Crippen LogP contribution in [0.3, 0.4) is 0 Å². The third-order valence-electron chi connectivity index (χ3n) is 8.24. The van der Waals surface area contributed by atoms with Gasteiger partial charge in [-0.25, -0.2) is 0 Å². The summed E-state index contributed by atoms with van der Waals surface area (Å²) in [5, 5.41) is 15.9. The first-order valence-electron chi connectivity index (χ1n) is 12.8. The minimum Gasteiger partial charge on any atom is -0.431 e. The Bertz CT molecular complexity index is 1370. The Balaban J connectivity index is 1.28. The number of nitrogens with zero attached hydrogens (tertiary/aromatic N) is 4. The molecule has 1 aliphatic heterocycles. The first-order chi connectivity index (χ1) is 17.4. The monoisotopic (exact) mass is 490 g/mol. The molecule has 4 aromatic rings. The fourth-order valence-electron chi connectivity index (χ4n) is 6.60. The number of fused-ring (bicyclic) bond motifs is 2. The van der Waals surface area contributed by atoms with Crippen LogP contribution in [0.15, 0.2) is 40.9 Å². The summed E-state index contributed by atoms with van der Waals surface area (Å²) in [5.41, 5.74) is 2.35. The normalized spacial score (nSPS) is 22.6. The molecule has 3 unspecified atom stereocenters. The fourth-order valence-corrected chi connectivity index (χ4v) is 6.60. The molecule has 0 bridgehead atoms. The van der Waals surface area contributed by atoms with E-state index in [-0.39, 0.29) is 17.9 Å². The smallest absolute Gasteiger partial charge is 0.278 e. The third kappa shape index (κ3) is 3.90. The molecule has 1 saturated heterocycles. The molecule has 8 nitrogen and oxygen atoms in total. The number of H-pyrrole nitrogens is 2. The maximum atomic E-state index is 13.8. The maximum Gasteiger partial charge on any atom is 0.278 e. The van der Waals surface area contributed by atoms with Crippen molar-refractivity contribution in [2.75, 3.05) is 6.54 Å². The quantitative estimate of drug-likeness (QED) is 0.394. The van der Waals surface area contributed by atoms with Gasteiger partial charge in [-0.2, -0.15) is 9.60 Å². The van der Waals surface area contributed by atoms with Gasteiger partial charge < -0.3 is 14.3 Å². The third-order valence-corrected chi connectivity index (χ3v) is 8.24. The summed E-state index contributed by atoms with van der Waals surface area (Å²) >= 11 is 0. The molecule has 9 heteroatoms. The molecule has 36 heavy (non-hydrogen) atoms. The van der Waals surface area contributed by atoms with Crippen molar-refractivity contribution < 1.29 is 13.6 Å². The van der Waals surface area contributed by atoms with Crippen LogP contribution in [0.2, 0.25) is 0 Å². The van der Waals surface area contributed by atoms with Gasteiger partial charge in [-0.3, -0.25) is 4.79 Å². The summed E-state index contributed by atoms with van der Waals surface area (Å²) in [7, 11) is 0. The number of nitrogens with one attached hydrogen (secondary N) is 2. The average Bonchev–Trinajstić information content (AvgIpc) is 3.63. The molecule has 3 aromatic heterocycles. The summed E-state index contributed by atoms with van der Waals surface area (Å²) in [5.74, 6) is 2.05. The van der Waals surface area contributed by atoms with Crippen LogP contribution >= 0.6 is 0 Å². The van der Waals surface area contributed by atoms with Gasteiger partial charge in [0.05, 0.1) is 0 Å². The van der Waals surface area contributed by atoms with Gasteiger partial charge >= 0.3 is 0 Å². The number of halogens is 1. The molecule has 2 aliphatic rings. The number of carbonyl (C=O) groups excluding carboxylic acids is 1. The number of hydrogen-bond acceptors (Lipinski definition) is 5. The molecular weight excluding hydrogens is 459 g/mol. The second-order valence-corrected chi connectivity index (χ2v) is 10.9. The number of tetrazole rings is 1. The maximum absolute atomic E-state index is 13.8. The van der Waals surface area contributed by atoms with E-state index in [2.05, 4.69) is 44.4 Å². The number of rotatable bonds is 5. The fraction of sp³-hybridized carbons (Fsp3) is 0.481. The van der Waals surface area contributed by atoms with E-state index in [1.165, 1.54) is 6.07 Å². The highest BCUT2D eigenvalue weighted by Gasteiger charge is 2.43. The van der Waals surface area contributed by atoms with E-state index in [1.807, 2.05) is 24.4 Å². The predicted molar refractivity (Wildman–Crippen MR) is 133 cm³/mol. The van der Waals surface area contributed by atoms with Gasteiger partial charge in [0.2, 0.25) is 5.91 Å². The summed E-state index contributed by atoms with van der Waals surface area (Å²) in [4.78, 5) is 19.3. The largest absolute Gasteiger partial charge is 0.431 e. The number of amides is 1. The lowest BCUT2D eigenvalue weighted by atomic mass is 9.70. The van der Waals surface area contributed by atoms with E-state index in [1.54, 1.807) is 6.07 Å². The number of aromatic amines is 2. The second-order valence-electron chi connectivity index (χ2n) is 10.9. The van der Waals surface area contributed by atoms with E-state index in [0.29, 0.717) is 18.1 Å². The number of piperidine rings is 1. The Labute approximate surface area is 208 Å². The van der Waals surface area contributed by atoms with Crippen molar-refractivity contribution in [3.8, 4) is 11.3 Å². The van der Waals surface area contributed by atoms with Gasteiger partial charge in [0.1, 0.15) is 5.76 Å². The number of hydrogen-bond donors (Lipinski definition) is 2. The molecule has 1 aliphatic carbocycles. The van der Waals surface area contributed by atoms with Crippen LogP contribution in [-0.2, 0) is 10.2 Å². The molecule has 1 amide bonds. The zero-order chi connectivity index (χ0) is 24.9. The van der Waals surface area contributed by atoms with Gasteiger partial charge in [0.25, 0.3) is 6.01 Å². The van der Waals surface area contributed by atoms with Crippen molar-refractivity contribution >= 4 is 16.8 Å². The van der Waals surface area contributed by atoms with Crippen molar-refractivity contribution in [2.24, 2.45) is 5.92 Å². The molecule has 188 valence electrons. The molecule has 6 rings (SSSR count). The van der Waals surface area contributed by atoms with Crippen LogP contribution in [0.5, 0.6) is 0 Å². The van der Waals surface area contributed by atoms with Crippen LogP contribution in [0.4, 0.5) is 4.39 Å². The molecule has 4 heterocycles. The van der Waals surface area contributed by atoms with Gasteiger partial charge in [0, 0.05) is 59.1 Å². The minimum atomic E-state index is -0.611. The molecule has 1 aromatic carbocycles. The highest BCUT2D eigenvalue weighted by molar-refractivity contribution is 5.97. The lowest BCUT2D eigenvalue weighted by Crippen LogP contribution is -2.52. The van der Waals surface area contributed by atoms with Crippen molar-refractivity contribution in [2.45, 2.75) is 69.7 Å². The number of aromatic nitrogens is 5. The number of carbonyl (C=O) groups is 1. The van der Waals surface area contributed by atoms with Crippen LogP contribution < -0.4 is 0 Å². The number of likely N-dealkylation sites (tertiary alicyclic amines) is 1. The van der Waals surface area contributed by atoms with Gasteiger partial charge in [-0.1, -0.05) is 37.6 Å². The zero-order valence-corrected chi connectivity index (χ0v) is 20.6. The lowest BCUT2D eigenvalue weighted by Gasteiger charge is -2.47. The summed E-state index contributed by atoms with van der Waals surface area (Å²) in [6.45, 7) is 5.01. The topological polar surface area (TPSA) is 104 Å².